The van der Waals surface area contributed by atoms with E-state index in [1.54, 1.807) is 61.5 Å². The largest absolute Gasteiger partial charge is 0.418 e. The van der Waals surface area contributed by atoms with Crippen molar-refractivity contribution in [2.75, 3.05) is 5.43 Å². The average Bonchev–Trinajstić information content (AvgIpc) is 3.29. The van der Waals surface area contributed by atoms with Crippen molar-refractivity contribution >= 4 is 16.9 Å². The van der Waals surface area contributed by atoms with Gasteiger partial charge >= 0.3 is 11.7 Å². The monoisotopic (exact) mass is 506 g/mol. The zero-order chi connectivity index (χ0) is 26.2. The van der Waals surface area contributed by atoms with Crippen molar-refractivity contribution in [3.63, 3.8) is 0 Å². The van der Waals surface area contributed by atoms with Crippen LogP contribution in [0.3, 0.4) is 0 Å². The second kappa shape index (κ2) is 9.43. The van der Waals surface area contributed by atoms with Gasteiger partial charge in [-0.1, -0.05) is 60.7 Å². The Morgan fingerprint density at radius 1 is 1.00 bits per heavy atom. The molecule has 0 spiro atoms. The number of hydrogen-bond acceptors (Lipinski definition) is 6. The number of nitrogen functional groups attached to an aromatic ring is 1. The van der Waals surface area contributed by atoms with Gasteiger partial charge in [-0.05, 0) is 24.6 Å². The number of hydrazine groups is 1. The van der Waals surface area contributed by atoms with E-state index < -0.39 is 17.3 Å². The summed E-state index contributed by atoms with van der Waals surface area (Å²) < 4.78 is 45.4. The molecule has 0 bridgehead atoms. The summed E-state index contributed by atoms with van der Waals surface area (Å²) in [6.07, 6.45) is -3.25. The Hall–Kier alpha value is -4.64. The quantitative estimate of drug-likeness (QED) is 0.260. The van der Waals surface area contributed by atoms with E-state index in [4.69, 9.17) is 10.7 Å². The van der Waals surface area contributed by atoms with Crippen molar-refractivity contribution in [3.8, 4) is 17.1 Å². The van der Waals surface area contributed by atoms with Crippen LogP contribution in [0.2, 0.25) is 0 Å². The third-order valence-electron chi connectivity index (χ3n) is 5.69. The normalized spacial score (nSPS) is 11.6. The van der Waals surface area contributed by atoms with Gasteiger partial charge in [0.05, 0.1) is 22.5 Å². The standard InChI is InChI=1S/C26H21F3N6O2/c1-16-14-34(24(31-16)18-10-6-3-7-11-18)21-13-20-22(12-19(21)26(27,28)29)35(25(36)23(32-20)33-30)37-15-17-8-4-2-5-9-17/h2-14H,15,30H2,1H3,(H,32,33). The Morgan fingerprint density at radius 3 is 2.32 bits per heavy atom. The van der Waals surface area contributed by atoms with Crippen molar-refractivity contribution in [1.82, 2.24) is 19.3 Å². The SMILES string of the molecule is Cc1cn(-c2cc3nc(NN)c(=O)n(OCc4ccccc4)c3cc2C(F)(F)F)c(-c2ccccc2)n1. The van der Waals surface area contributed by atoms with E-state index in [9.17, 15) is 18.0 Å². The maximum absolute atomic E-state index is 14.4. The molecule has 0 saturated heterocycles. The number of nitrogens with two attached hydrogens (primary N) is 1. The van der Waals surface area contributed by atoms with E-state index in [0.717, 1.165) is 16.4 Å². The number of nitrogens with one attached hydrogen (secondary N) is 1. The van der Waals surface area contributed by atoms with Gasteiger partial charge in [-0.15, -0.1) is 4.73 Å². The highest BCUT2D eigenvalue weighted by atomic mass is 19.4. The van der Waals surface area contributed by atoms with Crippen LogP contribution >= 0.6 is 0 Å². The van der Waals surface area contributed by atoms with Gasteiger partial charge in [-0.3, -0.25) is 9.36 Å². The first-order chi connectivity index (χ1) is 17.8. The van der Waals surface area contributed by atoms with Crippen molar-refractivity contribution in [3.05, 3.63) is 106 Å². The molecule has 188 valence electrons. The minimum Gasteiger partial charge on any atom is -0.405 e. The van der Waals surface area contributed by atoms with Crippen LogP contribution in [-0.4, -0.2) is 19.3 Å². The predicted octanol–water partition coefficient (Wildman–Crippen LogP) is 4.49. The van der Waals surface area contributed by atoms with Crippen LogP contribution < -0.4 is 21.7 Å². The summed E-state index contributed by atoms with van der Waals surface area (Å²) >= 11 is 0. The fraction of sp³-hybridized carbons (Fsp3) is 0.115. The Labute approximate surface area is 208 Å². The number of nitrogens with zero attached hydrogens (tertiary/aromatic N) is 4. The molecule has 0 amide bonds. The first-order valence-corrected chi connectivity index (χ1v) is 11.2. The zero-order valence-electron chi connectivity index (χ0n) is 19.5. The number of rotatable bonds is 6. The summed E-state index contributed by atoms with van der Waals surface area (Å²) in [7, 11) is 0. The van der Waals surface area contributed by atoms with Crippen LogP contribution in [0.5, 0.6) is 0 Å². The van der Waals surface area contributed by atoms with Gasteiger partial charge in [0.2, 0.25) is 5.82 Å². The number of hydrogen-bond donors (Lipinski definition) is 2. The third-order valence-corrected chi connectivity index (χ3v) is 5.69. The lowest BCUT2D eigenvalue weighted by atomic mass is 10.1. The fourth-order valence-corrected chi connectivity index (χ4v) is 4.03. The first-order valence-electron chi connectivity index (χ1n) is 11.2. The summed E-state index contributed by atoms with van der Waals surface area (Å²) in [6.45, 7) is 1.63. The van der Waals surface area contributed by atoms with Gasteiger partial charge in [0, 0.05) is 11.8 Å². The summed E-state index contributed by atoms with van der Waals surface area (Å²) in [5.74, 6) is 5.54. The molecule has 0 aliphatic heterocycles. The molecule has 0 aliphatic carbocycles. The van der Waals surface area contributed by atoms with Crippen LogP contribution in [0.4, 0.5) is 19.0 Å². The van der Waals surface area contributed by atoms with E-state index in [0.29, 0.717) is 17.1 Å². The molecule has 37 heavy (non-hydrogen) atoms. The van der Waals surface area contributed by atoms with Gasteiger partial charge in [-0.25, -0.2) is 15.8 Å². The molecule has 0 radical (unpaired) electrons. The summed E-state index contributed by atoms with van der Waals surface area (Å²) in [6, 6.07) is 19.9. The Morgan fingerprint density at radius 2 is 1.68 bits per heavy atom. The molecule has 0 unspecified atom stereocenters. The Kier molecular flexibility index (Phi) is 6.14. The van der Waals surface area contributed by atoms with Crippen molar-refractivity contribution < 1.29 is 18.0 Å². The second-order valence-electron chi connectivity index (χ2n) is 8.26. The predicted molar refractivity (Wildman–Crippen MR) is 133 cm³/mol. The van der Waals surface area contributed by atoms with Crippen molar-refractivity contribution in [2.45, 2.75) is 19.7 Å². The van der Waals surface area contributed by atoms with E-state index in [1.165, 1.54) is 16.8 Å². The summed E-state index contributed by atoms with van der Waals surface area (Å²) in [4.78, 5) is 27.2. The molecule has 8 nitrogen and oxygen atoms in total. The van der Waals surface area contributed by atoms with E-state index >= 15 is 0 Å². The van der Waals surface area contributed by atoms with Crippen LogP contribution in [0, 0.1) is 6.92 Å². The topological polar surface area (TPSA) is 100.0 Å². The lowest BCUT2D eigenvalue weighted by molar-refractivity contribution is -0.137. The zero-order valence-corrected chi connectivity index (χ0v) is 19.5. The number of anilines is 1. The van der Waals surface area contributed by atoms with E-state index in [2.05, 4.69) is 15.4 Å². The van der Waals surface area contributed by atoms with Gasteiger partial charge in [0.15, 0.2) is 0 Å². The molecule has 11 heteroatoms. The third kappa shape index (κ3) is 4.64. The van der Waals surface area contributed by atoms with Crippen LogP contribution in [0.25, 0.3) is 28.1 Å². The minimum absolute atomic E-state index is 0.0636. The Bertz CT molecular complexity index is 1630. The molecule has 2 aromatic heterocycles. The molecule has 5 rings (SSSR count). The summed E-state index contributed by atoms with van der Waals surface area (Å²) in [5.41, 5.74) is 1.98. The number of alkyl halides is 3. The average molecular weight is 506 g/mol. The van der Waals surface area contributed by atoms with Crippen molar-refractivity contribution in [1.29, 1.82) is 0 Å². The molecule has 2 heterocycles. The molecular formula is C26H21F3N6O2. The van der Waals surface area contributed by atoms with E-state index in [-0.39, 0.29) is 29.1 Å². The molecule has 0 saturated carbocycles. The number of halogens is 3. The first kappa shape index (κ1) is 24.1. The minimum atomic E-state index is -4.76. The van der Waals surface area contributed by atoms with E-state index in [1.807, 2.05) is 6.07 Å². The van der Waals surface area contributed by atoms with Gasteiger partial charge in [0.25, 0.3) is 0 Å². The lowest BCUT2D eigenvalue weighted by Gasteiger charge is -2.19. The highest BCUT2D eigenvalue weighted by molar-refractivity contribution is 5.81. The fourth-order valence-electron chi connectivity index (χ4n) is 4.03. The number of benzene rings is 3. The van der Waals surface area contributed by atoms with Crippen molar-refractivity contribution in [2.24, 2.45) is 5.84 Å². The second-order valence-corrected chi connectivity index (χ2v) is 8.26. The smallest absolute Gasteiger partial charge is 0.405 e. The molecule has 0 aliphatic rings. The molecule has 0 fully saturated rings. The molecule has 0 atom stereocenters. The molecular weight excluding hydrogens is 485 g/mol. The number of imidazole rings is 1. The molecule has 3 N–H and O–H groups in total. The maximum Gasteiger partial charge on any atom is 0.418 e. The van der Waals surface area contributed by atoms with Crippen LogP contribution in [-0.2, 0) is 12.8 Å². The maximum atomic E-state index is 14.4. The number of fused-ring (bicyclic) bond motifs is 1. The number of aryl methyl sites for hydroxylation is 1. The van der Waals surface area contributed by atoms with Crippen LogP contribution in [0.15, 0.2) is 83.8 Å². The van der Waals surface area contributed by atoms with Crippen LogP contribution in [0.1, 0.15) is 16.8 Å². The highest BCUT2D eigenvalue weighted by Crippen LogP contribution is 2.38. The molecule has 5 aromatic rings. The van der Waals surface area contributed by atoms with Gasteiger partial charge < -0.3 is 10.3 Å². The lowest BCUT2D eigenvalue weighted by Crippen LogP contribution is -2.32. The van der Waals surface area contributed by atoms with Gasteiger partial charge in [-0.2, -0.15) is 13.2 Å². The highest BCUT2D eigenvalue weighted by Gasteiger charge is 2.36. The molecule has 3 aromatic carbocycles. The summed E-state index contributed by atoms with van der Waals surface area (Å²) in [5, 5.41) is 0. The Balaban J connectivity index is 1.75. The van der Waals surface area contributed by atoms with Gasteiger partial charge in [0.1, 0.15) is 17.9 Å². The number of aromatic nitrogens is 4.